The molecule has 0 amide bonds. The van der Waals surface area contributed by atoms with E-state index in [-0.39, 0.29) is 0 Å². The van der Waals surface area contributed by atoms with E-state index in [1.54, 1.807) is 11.9 Å². The standard InChI is InChI=1S/C26H28FNO/c1-3-25(21-10-6-4-7-11-21)26(22-12-8-5-9-13-22)23-14-16-24(17-15-23)29-19-18-28(2)20-27/h4-17H,3,18-20H2,1-2H3/b26-25+. The molecule has 0 spiro atoms. The van der Waals surface area contributed by atoms with Crippen LogP contribution in [0, 0.1) is 0 Å². The minimum Gasteiger partial charge on any atom is -0.492 e. The Morgan fingerprint density at radius 2 is 1.34 bits per heavy atom. The average molecular weight is 390 g/mol. The van der Waals surface area contributed by atoms with E-state index in [0.717, 1.165) is 17.7 Å². The van der Waals surface area contributed by atoms with Crippen LogP contribution in [-0.4, -0.2) is 31.9 Å². The van der Waals surface area contributed by atoms with Crippen LogP contribution in [0.4, 0.5) is 4.39 Å². The summed E-state index contributed by atoms with van der Waals surface area (Å²) in [4.78, 5) is 1.58. The van der Waals surface area contributed by atoms with Crippen molar-refractivity contribution >= 4 is 11.1 Å². The third kappa shape index (κ3) is 5.55. The second kappa shape index (κ2) is 10.6. The molecule has 0 atom stereocenters. The van der Waals surface area contributed by atoms with Gasteiger partial charge in [0.2, 0.25) is 0 Å². The molecule has 0 unspecified atom stereocenters. The molecule has 0 saturated carbocycles. The van der Waals surface area contributed by atoms with Crippen molar-refractivity contribution in [3.8, 4) is 5.75 Å². The smallest absolute Gasteiger partial charge is 0.142 e. The van der Waals surface area contributed by atoms with Crippen LogP contribution in [0.1, 0.15) is 30.0 Å². The van der Waals surface area contributed by atoms with Crippen molar-refractivity contribution in [3.63, 3.8) is 0 Å². The molecule has 0 aliphatic carbocycles. The number of nitrogens with zero attached hydrogens (tertiary/aromatic N) is 1. The van der Waals surface area contributed by atoms with Gasteiger partial charge in [-0.05, 0) is 53.4 Å². The van der Waals surface area contributed by atoms with Gasteiger partial charge in [0.15, 0.2) is 0 Å². The lowest BCUT2D eigenvalue weighted by atomic mass is 9.88. The molecule has 150 valence electrons. The Morgan fingerprint density at radius 1 is 0.793 bits per heavy atom. The molecule has 0 bridgehead atoms. The van der Waals surface area contributed by atoms with Crippen LogP contribution in [0.5, 0.6) is 5.75 Å². The number of benzene rings is 3. The van der Waals surface area contributed by atoms with Crippen LogP contribution in [-0.2, 0) is 0 Å². The molecule has 3 aromatic rings. The average Bonchev–Trinajstić information content (AvgIpc) is 2.79. The molecular formula is C26H28FNO. The second-order valence-electron chi connectivity index (χ2n) is 7.01. The number of ether oxygens (including phenoxy) is 1. The Kier molecular flexibility index (Phi) is 7.60. The lowest BCUT2D eigenvalue weighted by Crippen LogP contribution is -2.23. The van der Waals surface area contributed by atoms with E-state index in [4.69, 9.17) is 4.74 Å². The van der Waals surface area contributed by atoms with Gasteiger partial charge in [-0.1, -0.05) is 79.7 Å². The van der Waals surface area contributed by atoms with Gasteiger partial charge in [0.05, 0.1) is 0 Å². The number of hydrogen-bond acceptors (Lipinski definition) is 2. The van der Waals surface area contributed by atoms with Crippen molar-refractivity contribution in [1.82, 2.24) is 4.90 Å². The maximum atomic E-state index is 12.5. The maximum absolute atomic E-state index is 12.5. The fourth-order valence-corrected chi connectivity index (χ4v) is 3.38. The number of alkyl halides is 1. The zero-order chi connectivity index (χ0) is 20.5. The first-order chi connectivity index (χ1) is 14.2. The number of hydrogen-bond donors (Lipinski definition) is 0. The van der Waals surface area contributed by atoms with Crippen LogP contribution in [0.3, 0.4) is 0 Å². The highest BCUT2D eigenvalue weighted by molar-refractivity contribution is 5.98. The number of halogens is 1. The first-order valence-electron chi connectivity index (χ1n) is 10.0. The topological polar surface area (TPSA) is 12.5 Å². The summed E-state index contributed by atoms with van der Waals surface area (Å²) in [6, 6.07) is 29.3. The van der Waals surface area contributed by atoms with Crippen molar-refractivity contribution in [2.24, 2.45) is 0 Å². The number of rotatable bonds is 9. The van der Waals surface area contributed by atoms with Crippen LogP contribution in [0.2, 0.25) is 0 Å². The molecule has 3 aromatic carbocycles. The van der Waals surface area contributed by atoms with Gasteiger partial charge in [0.25, 0.3) is 0 Å². The quantitative estimate of drug-likeness (QED) is 0.315. The summed E-state index contributed by atoms with van der Waals surface area (Å²) in [5.74, 6) is 0.797. The normalized spacial score (nSPS) is 12.0. The Labute approximate surface area is 173 Å². The molecule has 2 nitrogen and oxygen atoms in total. The van der Waals surface area contributed by atoms with Crippen LogP contribution >= 0.6 is 0 Å². The molecule has 0 fully saturated rings. The van der Waals surface area contributed by atoms with Crippen molar-refractivity contribution in [1.29, 1.82) is 0 Å². The van der Waals surface area contributed by atoms with E-state index < -0.39 is 6.80 Å². The van der Waals surface area contributed by atoms with Gasteiger partial charge in [-0.15, -0.1) is 0 Å². The highest BCUT2D eigenvalue weighted by Gasteiger charge is 2.13. The Morgan fingerprint density at radius 3 is 1.90 bits per heavy atom. The zero-order valence-corrected chi connectivity index (χ0v) is 17.1. The van der Waals surface area contributed by atoms with Crippen molar-refractivity contribution < 1.29 is 9.13 Å². The minimum atomic E-state index is -0.465. The van der Waals surface area contributed by atoms with Gasteiger partial charge in [0, 0.05) is 6.54 Å². The summed E-state index contributed by atoms with van der Waals surface area (Å²) < 4.78 is 18.3. The fraction of sp³-hybridized carbons (Fsp3) is 0.231. The predicted molar refractivity (Wildman–Crippen MR) is 120 cm³/mol. The van der Waals surface area contributed by atoms with Crippen LogP contribution in [0.15, 0.2) is 84.9 Å². The van der Waals surface area contributed by atoms with Crippen LogP contribution < -0.4 is 4.74 Å². The van der Waals surface area contributed by atoms with Gasteiger partial charge >= 0.3 is 0 Å². The van der Waals surface area contributed by atoms with E-state index >= 15 is 0 Å². The first kappa shape index (κ1) is 20.8. The Bertz CT molecular complexity index is 904. The predicted octanol–water partition coefficient (Wildman–Crippen LogP) is 6.29. The van der Waals surface area contributed by atoms with Crippen molar-refractivity contribution in [2.75, 3.05) is 27.0 Å². The third-order valence-corrected chi connectivity index (χ3v) is 4.93. The minimum absolute atomic E-state index is 0.464. The van der Waals surface area contributed by atoms with Gasteiger partial charge in [-0.25, -0.2) is 4.39 Å². The molecule has 0 N–H and O–H groups in total. The molecule has 29 heavy (non-hydrogen) atoms. The summed E-state index contributed by atoms with van der Waals surface area (Å²) >= 11 is 0. The van der Waals surface area contributed by atoms with E-state index in [0.29, 0.717) is 13.2 Å². The lowest BCUT2D eigenvalue weighted by Gasteiger charge is -2.17. The Hall–Kier alpha value is -2.91. The summed E-state index contributed by atoms with van der Waals surface area (Å²) in [7, 11) is 1.74. The van der Waals surface area contributed by atoms with Crippen molar-refractivity contribution in [2.45, 2.75) is 13.3 Å². The van der Waals surface area contributed by atoms with E-state index in [1.807, 2.05) is 24.3 Å². The van der Waals surface area contributed by atoms with Crippen LogP contribution in [0.25, 0.3) is 11.1 Å². The number of allylic oxidation sites excluding steroid dienone is 1. The molecule has 3 rings (SSSR count). The third-order valence-electron chi connectivity index (χ3n) is 4.93. The molecular weight excluding hydrogens is 361 g/mol. The van der Waals surface area contributed by atoms with Gasteiger partial charge < -0.3 is 4.74 Å². The highest BCUT2D eigenvalue weighted by atomic mass is 19.1. The molecule has 0 aliphatic rings. The van der Waals surface area contributed by atoms with E-state index in [2.05, 4.69) is 67.6 Å². The monoisotopic (exact) mass is 389 g/mol. The SMILES string of the molecule is CC/C(=C(/c1ccccc1)c1ccc(OCCN(C)CF)cc1)c1ccccc1. The van der Waals surface area contributed by atoms with Gasteiger partial charge in [-0.3, -0.25) is 4.90 Å². The maximum Gasteiger partial charge on any atom is 0.142 e. The second-order valence-corrected chi connectivity index (χ2v) is 7.01. The van der Waals surface area contributed by atoms with E-state index in [1.165, 1.54) is 22.3 Å². The molecule has 0 aromatic heterocycles. The summed E-state index contributed by atoms with van der Waals surface area (Å²) in [5, 5.41) is 0. The largest absolute Gasteiger partial charge is 0.492 e. The fourth-order valence-electron chi connectivity index (χ4n) is 3.38. The summed E-state index contributed by atoms with van der Waals surface area (Å²) in [5.41, 5.74) is 6.15. The molecule has 0 radical (unpaired) electrons. The van der Waals surface area contributed by atoms with Gasteiger partial charge in [-0.2, -0.15) is 0 Å². The molecule has 0 aliphatic heterocycles. The summed E-state index contributed by atoms with van der Waals surface area (Å²) in [6.07, 6.45) is 0.933. The molecule has 0 saturated heterocycles. The highest BCUT2D eigenvalue weighted by Crippen LogP contribution is 2.34. The van der Waals surface area contributed by atoms with Crippen molar-refractivity contribution in [3.05, 3.63) is 102 Å². The summed E-state index contributed by atoms with van der Waals surface area (Å²) in [6.45, 7) is 2.75. The zero-order valence-electron chi connectivity index (χ0n) is 17.1. The first-order valence-corrected chi connectivity index (χ1v) is 10.0. The lowest BCUT2D eigenvalue weighted by molar-refractivity contribution is 0.183. The molecule has 0 heterocycles. The van der Waals surface area contributed by atoms with Gasteiger partial charge in [0.1, 0.15) is 19.2 Å². The molecule has 3 heteroatoms. The number of likely N-dealkylation sites (N-methyl/N-ethyl adjacent to an activating group) is 1. The Balaban J connectivity index is 1.94. The van der Waals surface area contributed by atoms with E-state index in [9.17, 15) is 4.39 Å².